The quantitative estimate of drug-likeness (QED) is 0.308. The van der Waals surface area contributed by atoms with Crippen molar-refractivity contribution in [3.05, 3.63) is 59.7 Å². The van der Waals surface area contributed by atoms with E-state index >= 15 is 0 Å². The molecule has 1 aliphatic rings. The summed E-state index contributed by atoms with van der Waals surface area (Å²) in [4.78, 5) is 0. The molecule has 1 heteroatoms. The molecular formula is C31H43N. The van der Waals surface area contributed by atoms with Crippen molar-refractivity contribution in [2.45, 2.75) is 110 Å². The molecule has 0 atom stereocenters. The van der Waals surface area contributed by atoms with Crippen LogP contribution in [-0.4, -0.2) is 0 Å². The van der Waals surface area contributed by atoms with Crippen LogP contribution in [0.1, 0.15) is 114 Å². The van der Waals surface area contributed by atoms with E-state index in [9.17, 15) is 5.26 Å². The average molecular weight is 430 g/mol. The van der Waals surface area contributed by atoms with Crippen molar-refractivity contribution in [3.63, 3.8) is 0 Å². The monoisotopic (exact) mass is 429 g/mol. The van der Waals surface area contributed by atoms with Gasteiger partial charge in [0.15, 0.2) is 0 Å². The highest BCUT2D eigenvalue weighted by Crippen LogP contribution is 2.45. The van der Waals surface area contributed by atoms with Crippen LogP contribution in [0, 0.1) is 16.7 Å². The van der Waals surface area contributed by atoms with Gasteiger partial charge in [-0.15, -0.1) is 0 Å². The summed E-state index contributed by atoms with van der Waals surface area (Å²) in [6.45, 7) is 4.52. The molecule has 0 bridgehead atoms. The molecule has 0 heterocycles. The highest BCUT2D eigenvalue weighted by atomic mass is 14.4. The Morgan fingerprint density at radius 3 is 1.88 bits per heavy atom. The van der Waals surface area contributed by atoms with Gasteiger partial charge in [0.25, 0.3) is 0 Å². The smallest absolute Gasteiger partial charge is 0.0689 e. The number of aryl methyl sites for hydroxylation is 1. The van der Waals surface area contributed by atoms with Gasteiger partial charge >= 0.3 is 0 Å². The van der Waals surface area contributed by atoms with Crippen molar-refractivity contribution in [1.29, 1.82) is 5.26 Å². The number of hydrogen-bond acceptors (Lipinski definition) is 1. The summed E-state index contributed by atoms with van der Waals surface area (Å²) in [6, 6.07) is 21.1. The van der Waals surface area contributed by atoms with Crippen molar-refractivity contribution >= 4 is 0 Å². The summed E-state index contributed by atoms with van der Waals surface area (Å²) in [7, 11) is 0. The molecule has 0 spiro atoms. The van der Waals surface area contributed by atoms with E-state index in [1.807, 2.05) is 0 Å². The van der Waals surface area contributed by atoms with Crippen molar-refractivity contribution < 1.29 is 0 Å². The largest absolute Gasteiger partial charge is 0.198 e. The van der Waals surface area contributed by atoms with Crippen molar-refractivity contribution in [2.75, 3.05) is 0 Å². The molecule has 1 nitrogen and oxygen atoms in total. The fourth-order valence-corrected chi connectivity index (χ4v) is 5.38. The number of benzene rings is 2. The Hall–Kier alpha value is -2.07. The van der Waals surface area contributed by atoms with Gasteiger partial charge in [0.2, 0.25) is 0 Å². The average Bonchev–Trinajstić information content (AvgIpc) is 2.85. The summed E-state index contributed by atoms with van der Waals surface area (Å²) in [5, 5.41) is 9.86. The summed E-state index contributed by atoms with van der Waals surface area (Å²) in [5.74, 6) is 0.617. The van der Waals surface area contributed by atoms with E-state index in [2.05, 4.69) is 68.4 Å². The topological polar surface area (TPSA) is 23.8 Å². The van der Waals surface area contributed by atoms with E-state index in [0.717, 1.165) is 32.1 Å². The molecule has 0 saturated heterocycles. The first-order valence-corrected chi connectivity index (χ1v) is 13.3. The SMILES string of the molecule is CCCCCCc1ccc(-c2ccc(C3CCC(C#N)(CCCCCC)CC3)cc2)cc1. The molecule has 0 aliphatic heterocycles. The van der Waals surface area contributed by atoms with E-state index in [1.54, 1.807) is 0 Å². The Balaban J connectivity index is 1.52. The molecule has 172 valence electrons. The maximum atomic E-state index is 9.86. The zero-order valence-electron chi connectivity index (χ0n) is 20.5. The lowest BCUT2D eigenvalue weighted by molar-refractivity contribution is 0.223. The molecule has 1 aliphatic carbocycles. The van der Waals surface area contributed by atoms with Gasteiger partial charge in [-0.05, 0) is 73.1 Å². The van der Waals surface area contributed by atoms with Gasteiger partial charge in [-0.1, -0.05) is 107 Å². The summed E-state index contributed by atoms with van der Waals surface area (Å²) in [6.07, 6.45) is 17.1. The Kier molecular flexibility index (Phi) is 9.86. The molecule has 2 aromatic carbocycles. The van der Waals surface area contributed by atoms with Crippen molar-refractivity contribution in [1.82, 2.24) is 0 Å². The number of nitrogens with zero attached hydrogens (tertiary/aromatic N) is 1. The van der Waals surface area contributed by atoms with Crippen LogP contribution in [0.15, 0.2) is 48.5 Å². The standard InChI is InChI=1S/C31H43N/c1-3-5-7-9-11-26-12-14-27(15-13-26)28-16-18-29(19-17-28)30-20-23-31(25-32,24-21-30)22-10-8-6-4-2/h12-19,30H,3-11,20-24H2,1-2H3. The number of nitriles is 1. The van der Waals surface area contributed by atoms with E-state index in [0.29, 0.717) is 5.92 Å². The van der Waals surface area contributed by atoms with Gasteiger partial charge in [-0.3, -0.25) is 0 Å². The molecule has 0 amide bonds. The zero-order valence-corrected chi connectivity index (χ0v) is 20.5. The van der Waals surface area contributed by atoms with E-state index in [1.165, 1.54) is 80.0 Å². The second-order valence-electron chi connectivity index (χ2n) is 10.1. The zero-order chi connectivity index (χ0) is 22.7. The first-order chi connectivity index (χ1) is 15.7. The first-order valence-electron chi connectivity index (χ1n) is 13.3. The molecule has 32 heavy (non-hydrogen) atoms. The maximum absolute atomic E-state index is 9.86. The third-order valence-electron chi connectivity index (χ3n) is 7.68. The Morgan fingerprint density at radius 2 is 1.31 bits per heavy atom. The Morgan fingerprint density at radius 1 is 0.750 bits per heavy atom. The molecule has 3 rings (SSSR count). The maximum Gasteiger partial charge on any atom is 0.0689 e. The van der Waals surface area contributed by atoms with Crippen LogP contribution in [0.3, 0.4) is 0 Å². The Labute approximate surface area is 197 Å². The molecule has 0 radical (unpaired) electrons. The minimum absolute atomic E-state index is 0.0531. The van der Waals surface area contributed by atoms with E-state index in [-0.39, 0.29) is 5.41 Å². The minimum Gasteiger partial charge on any atom is -0.198 e. The van der Waals surface area contributed by atoms with Crippen LogP contribution < -0.4 is 0 Å². The molecule has 1 fully saturated rings. The summed E-state index contributed by atoms with van der Waals surface area (Å²) < 4.78 is 0. The molecule has 2 aromatic rings. The number of unbranched alkanes of at least 4 members (excludes halogenated alkanes) is 6. The van der Waals surface area contributed by atoms with Gasteiger partial charge in [0, 0.05) is 0 Å². The minimum atomic E-state index is -0.0531. The fourth-order valence-electron chi connectivity index (χ4n) is 5.38. The van der Waals surface area contributed by atoms with Crippen LogP contribution in [0.4, 0.5) is 0 Å². The molecule has 0 N–H and O–H groups in total. The van der Waals surface area contributed by atoms with Gasteiger partial charge < -0.3 is 0 Å². The second-order valence-corrected chi connectivity index (χ2v) is 10.1. The lowest BCUT2D eigenvalue weighted by Crippen LogP contribution is -2.25. The van der Waals surface area contributed by atoms with Gasteiger partial charge in [-0.25, -0.2) is 0 Å². The summed E-state index contributed by atoms with van der Waals surface area (Å²) >= 11 is 0. The summed E-state index contributed by atoms with van der Waals surface area (Å²) in [5.41, 5.74) is 5.48. The highest BCUT2D eigenvalue weighted by Gasteiger charge is 2.35. The Bertz CT molecular complexity index is 816. The third-order valence-corrected chi connectivity index (χ3v) is 7.68. The van der Waals surface area contributed by atoms with Crippen molar-refractivity contribution in [3.8, 4) is 17.2 Å². The van der Waals surface area contributed by atoms with Gasteiger partial charge in [0.1, 0.15) is 0 Å². The number of hydrogen-bond donors (Lipinski definition) is 0. The first kappa shape index (κ1) is 24.6. The molecule has 1 saturated carbocycles. The molecular weight excluding hydrogens is 386 g/mol. The fraction of sp³-hybridized carbons (Fsp3) is 0.581. The normalized spacial score (nSPS) is 20.7. The molecule has 0 unspecified atom stereocenters. The predicted molar refractivity (Wildman–Crippen MR) is 138 cm³/mol. The van der Waals surface area contributed by atoms with Crippen molar-refractivity contribution in [2.24, 2.45) is 5.41 Å². The van der Waals surface area contributed by atoms with Crippen LogP contribution in [-0.2, 0) is 6.42 Å². The lowest BCUT2D eigenvalue weighted by Gasteiger charge is -2.35. The van der Waals surface area contributed by atoms with E-state index in [4.69, 9.17) is 0 Å². The third kappa shape index (κ3) is 6.96. The van der Waals surface area contributed by atoms with E-state index < -0.39 is 0 Å². The van der Waals surface area contributed by atoms with Crippen LogP contribution in [0.2, 0.25) is 0 Å². The van der Waals surface area contributed by atoms with Gasteiger partial charge in [0.05, 0.1) is 11.5 Å². The lowest BCUT2D eigenvalue weighted by atomic mass is 9.67. The van der Waals surface area contributed by atoms with Crippen LogP contribution in [0.25, 0.3) is 11.1 Å². The predicted octanol–water partition coefficient (Wildman–Crippen LogP) is 9.61. The van der Waals surface area contributed by atoms with Crippen LogP contribution >= 0.6 is 0 Å². The van der Waals surface area contributed by atoms with Crippen LogP contribution in [0.5, 0.6) is 0 Å². The van der Waals surface area contributed by atoms with Gasteiger partial charge in [-0.2, -0.15) is 5.26 Å². The second kappa shape index (κ2) is 12.8. The molecule has 0 aromatic heterocycles. The highest BCUT2D eigenvalue weighted by molar-refractivity contribution is 5.64. The number of rotatable bonds is 12.